The average Bonchev–Trinajstić information content (AvgIpc) is 3.13. The highest BCUT2D eigenvalue weighted by Gasteiger charge is 2.14. The molecule has 0 spiro atoms. The molecule has 0 amide bonds. The van der Waals surface area contributed by atoms with Crippen LogP contribution < -0.4 is 4.74 Å². The van der Waals surface area contributed by atoms with Gasteiger partial charge in [-0.25, -0.2) is 4.39 Å². The highest BCUT2D eigenvalue weighted by atomic mass is 32.2. The fraction of sp³-hybridized carbons (Fsp3) is 0.136. The van der Waals surface area contributed by atoms with Gasteiger partial charge in [0, 0.05) is 17.7 Å². The van der Waals surface area contributed by atoms with Gasteiger partial charge in [0.05, 0.1) is 11.2 Å². The molecule has 0 N–H and O–H groups in total. The zero-order chi connectivity index (χ0) is 20.1. The lowest BCUT2D eigenvalue weighted by Crippen LogP contribution is -2.08. The molecule has 0 saturated heterocycles. The smallest absolute Gasteiger partial charge is 0.191 e. The zero-order valence-corrected chi connectivity index (χ0v) is 16.5. The first kappa shape index (κ1) is 19.1. The quantitative estimate of drug-likeness (QED) is 0.304. The fourth-order valence-corrected chi connectivity index (χ4v) is 3.75. The van der Waals surface area contributed by atoms with E-state index in [1.165, 1.54) is 6.07 Å². The van der Waals surface area contributed by atoms with E-state index in [4.69, 9.17) is 9.72 Å². The Bertz CT molecular complexity index is 1140. The number of allylic oxidation sites excluding steroid dienone is 1. The Morgan fingerprint density at radius 3 is 2.72 bits per heavy atom. The summed E-state index contributed by atoms with van der Waals surface area (Å²) in [6, 6.07) is 18.4. The van der Waals surface area contributed by atoms with Gasteiger partial charge in [-0.2, -0.15) is 0 Å². The normalized spacial score (nSPS) is 10.9. The monoisotopic (exact) mass is 406 g/mol. The third-order valence-electron chi connectivity index (χ3n) is 4.30. The van der Waals surface area contributed by atoms with E-state index < -0.39 is 5.82 Å². The first-order valence-corrected chi connectivity index (χ1v) is 10.1. The third-order valence-corrected chi connectivity index (χ3v) is 5.30. The van der Waals surface area contributed by atoms with Crippen molar-refractivity contribution in [1.29, 1.82) is 0 Å². The number of benzene rings is 2. The second-order valence-corrected chi connectivity index (χ2v) is 7.24. The van der Waals surface area contributed by atoms with Crippen molar-refractivity contribution in [3.8, 4) is 5.75 Å². The molecular weight excluding hydrogens is 387 g/mol. The maximum absolute atomic E-state index is 13.8. The lowest BCUT2D eigenvalue weighted by atomic mass is 10.2. The van der Waals surface area contributed by atoms with Gasteiger partial charge in [-0.05, 0) is 24.3 Å². The van der Waals surface area contributed by atoms with E-state index in [-0.39, 0.29) is 12.4 Å². The van der Waals surface area contributed by atoms with Gasteiger partial charge in [0.25, 0.3) is 0 Å². The minimum atomic E-state index is -0.403. The molecule has 4 aromatic rings. The molecule has 0 saturated carbocycles. The lowest BCUT2D eigenvalue weighted by molar-refractivity contribution is 0.275. The Morgan fingerprint density at radius 2 is 1.86 bits per heavy atom. The van der Waals surface area contributed by atoms with Crippen molar-refractivity contribution in [2.75, 3.05) is 0 Å². The molecule has 2 aromatic carbocycles. The fourth-order valence-electron chi connectivity index (χ4n) is 2.88. The molecule has 0 radical (unpaired) electrons. The van der Waals surface area contributed by atoms with Crippen LogP contribution in [0.4, 0.5) is 4.39 Å². The number of thioether (sulfide) groups is 1. The van der Waals surface area contributed by atoms with Crippen LogP contribution in [0.25, 0.3) is 10.9 Å². The number of rotatable bonds is 8. The van der Waals surface area contributed by atoms with Gasteiger partial charge in [-0.1, -0.05) is 54.2 Å². The van der Waals surface area contributed by atoms with Crippen LogP contribution in [0.2, 0.25) is 0 Å². The number of hydrogen-bond acceptors (Lipinski definition) is 5. The minimum Gasteiger partial charge on any atom is -0.483 e. The molecule has 146 valence electrons. The number of ether oxygens (including phenoxy) is 1. The number of para-hydroxylation sites is 2. The van der Waals surface area contributed by atoms with Crippen molar-refractivity contribution in [2.24, 2.45) is 0 Å². The van der Waals surface area contributed by atoms with Crippen molar-refractivity contribution in [1.82, 2.24) is 19.7 Å². The first-order valence-electron chi connectivity index (χ1n) is 9.12. The summed E-state index contributed by atoms with van der Waals surface area (Å²) in [7, 11) is 0. The Balaban J connectivity index is 1.48. The van der Waals surface area contributed by atoms with Gasteiger partial charge in [-0.3, -0.25) is 9.55 Å². The second kappa shape index (κ2) is 8.87. The Hall–Kier alpha value is -3.19. The summed E-state index contributed by atoms with van der Waals surface area (Å²) in [6.07, 6.45) is 1.77. The van der Waals surface area contributed by atoms with Gasteiger partial charge in [0.2, 0.25) is 0 Å². The molecule has 0 bridgehead atoms. The number of nitrogens with zero attached hydrogens (tertiary/aromatic N) is 4. The summed E-state index contributed by atoms with van der Waals surface area (Å²) in [5, 5.41) is 10.3. The van der Waals surface area contributed by atoms with E-state index in [0.717, 1.165) is 21.8 Å². The van der Waals surface area contributed by atoms with E-state index in [1.807, 2.05) is 34.9 Å². The Morgan fingerprint density at radius 1 is 1.03 bits per heavy atom. The van der Waals surface area contributed by atoms with Crippen molar-refractivity contribution >= 4 is 22.7 Å². The second-order valence-electron chi connectivity index (χ2n) is 6.30. The standard InChI is InChI=1S/C22H19FN4OS/c1-2-13-27-21(14-28-20-10-6-4-8-18(20)23)25-26-22(27)29-15-17-12-11-16-7-3-5-9-19(16)24-17/h2-12H,1,13-15H2. The summed E-state index contributed by atoms with van der Waals surface area (Å²) >= 11 is 1.54. The van der Waals surface area contributed by atoms with Crippen LogP contribution in [0.15, 0.2) is 78.5 Å². The highest BCUT2D eigenvalue weighted by molar-refractivity contribution is 7.98. The van der Waals surface area contributed by atoms with Gasteiger partial charge in [-0.15, -0.1) is 16.8 Å². The van der Waals surface area contributed by atoms with Gasteiger partial charge in [0.1, 0.15) is 6.61 Å². The summed E-state index contributed by atoms with van der Waals surface area (Å²) in [5.74, 6) is 1.06. The van der Waals surface area contributed by atoms with Crippen LogP contribution >= 0.6 is 11.8 Å². The topological polar surface area (TPSA) is 52.8 Å². The van der Waals surface area contributed by atoms with Gasteiger partial charge in [0.15, 0.2) is 22.5 Å². The Labute approximate surface area is 172 Å². The van der Waals surface area contributed by atoms with E-state index in [1.54, 1.807) is 36.0 Å². The van der Waals surface area contributed by atoms with E-state index in [0.29, 0.717) is 18.1 Å². The van der Waals surface area contributed by atoms with Crippen LogP contribution in [0.5, 0.6) is 5.75 Å². The Kier molecular flexibility index (Phi) is 5.86. The van der Waals surface area contributed by atoms with Crippen molar-refractivity contribution in [3.63, 3.8) is 0 Å². The molecule has 0 atom stereocenters. The molecule has 0 aliphatic carbocycles. The van der Waals surface area contributed by atoms with Crippen LogP contribution in [0, 0.1) is 5.82 Å². The summed E-state index contributed by atoms with van der Waals surface area (Å²) in [6.45, 7) is 4.46. The summed E-state index contributed by atoms with van der Waals surface area (Å²) in [5.41, 5.74) is 1.93. The van der Waals surface area contributed by atoms with Gasteiger partial charge < -0.3 is 4.74 Å². The SMILES string of the molecule is C=CCn1c(COc2ccccc2F)nnc1SCc1ccc2ccccc2n1. The molecule has 4 rings (SSSR count). The number of fused-ring (bicyclic) bond motifs is 1. The molecular formula is C22H19FN4OS. The third kappa shape index (κ3) is 4.46. The van der Waals surface area contributed by atoms with E-state index in [9.17, 15) is 4.39 Å². The number of pyridine rings is 1. The zero-order valence-electron chi connectivity index (χ0n) is 15.7. The van der Waals surface area contributed by atoms with Gasteiger partial charge >= 0.3 is 0 Å². The summed E-state index contributed by atoms with van der Waals surface area (Å²) < 4.78 is 21.3. The molecule has 5 nitrogen and oxygen atoms in total. The molecule has 2 aromatic heterocycles. The maximum Gasteiger partial charge on any atom is 0.191 e. The molecule has 0 aliphatic rings. The molecule has 0 fully saturated rings. The van der Waals surface area contributed by atoms with Crippen molar-refractivity contribution in [3.05, 3.63) is 90.7 Å². The number of hydrogen-bond donors (Lipinski definition) is 0. The van der Waals surface area contributed by atoms with Crippen LogP contribution in [-0.4, -0.2) is 19.7 Å². The largest absolute Gasteiger partial charge is 0.483 e. The summed E-state index contributed by atoms with van der Waals surface area (Å²) in [4.78, 5) is 4.69. The average molecular weight is 406 g/mol. The van der Waals surface area contributed by atoms with Crippen LogP contribution in [0.1, 0.15) is 11.5 Å². The number of aromatic nitrogens is 4. The molecule has 29 heavy (non-hydrogen) atoms. The molecule has 0 aliphatic heterocycles. The van der Waals surface area contributed by atoms with Crippen LogP contribution in [0.3, 0.4) is 0 Å². The lowest BCUT2D eigenvalue weighted by Gasteiger charge is -2.09. The van der Waals surface area contributed by atoms with Crippen LogP contribution in [-0.2, 0) is 18.9 Å². The molecule has 2 heterocycles. The van der Waals surface area contributed by atoms with E-state index >= 15 is 0 Å². The minimum absolute atomic E-state index is 0.122. The number of halogens is 1. The molecule has 7 heteroatoms. The first-order chi connectivity index (χ1) is 14.2. The predicted molar refractivity (Wildman–Crippen MR) is 112 cm³/mol. The highest BCUT2D eigenvalue weighted by Crippen LogP contribution is 2.24. The van der Waals surface area contributed by atoms with Crippen molar-refractivity contribution in [2.45, 2.75) is 24.1 Å². The van der Waals surface area contributed by atoms with Crippen molar-refractivity contribution < 1.29 is 9.13 Å². The molecule has 0 unspecified atom stereocenters. The maximum atomic E-state index is 13.8. The predicted octanol–water partition coefficient (Wildman–Crippen LogP) is 5.02. The van der Waals surface area contributed by atoms with E-state index in [2.05, 4.69) is 22.8 Å².